The summed E-state index contributed by atoms with van der Waals surface area (Å²) in [6, 6.07) is 14.5. The summed E-state index contributed by atoms with van der Waals surface area (Å²) >= 11 is 8.53. The van der Waals surface area contributed by atoms with E-state index in [1.165, 1.54) is 4.90 Å². The van der Waals surface area contributed by atoms with Gasteiger partial charge in [-0.3, -0.25) is 9.59 Å². The average molecular weight is 463 g/mol. The lowest BCUT2D eigenvalue weighted by Crippen LogP contribution is -2.36. The molecule has 0 unspecified atom stereocenters. The summed E-state index contributed by atoms with van der Waals surface area (Å²) in [5, 5.41) is 11.6. The van der Waals surface area contributed by atoms with Gasteiger partial charge >= 0.3 is 0 Å². The number of benzene rings is 2. The van der Waals surface area contributed by atoms with Crippen molar-refractivity contribution in [3.8, 4) is 11.5 Å². The Hall–Kier alpha value is -2.49. The molecule has 0 bridgehead atoms. The molecule has 0 aliphatic rings. The number of likely N-dealkylation sites (N-methyl/N-ethyl adjacent to an activating group) is 1. The third-order valence-electron chi connectivity index (χ3n) is 4.00. The number of anilines is 1. The van der Waals surface area contributed by atoms with Crippen molar-refractivity contribution in [2.24, 2.45) is 0 Å². The van der Waals surface area contributed by atoms with Crippen molar-refractivity contribution in [3.05, 3.63) is 53.6 Å². The van der Waals surface area contributed by atoms with Crippen LogP contribution in [0.5, 0.6) is 0 Å². The van der Waals surface area contributed by atoms with Crippen LogP contribution in [0.4, 0.5) is 5.69 Å². The van der Waals surface area contributed by atoms with E-state index in [4.69, 9.17) is 16.0 Å². The molecule has 0 spiro atoms. The summed E-state index contributed by atoms with van der Waals surface area (Å²) in [6.45, 7) is -0.0536. The van der Waals surface area contributed by atoms with E-state index in [0.29, 0.717) is 10.9 Å². The van der Waals surface area contributed by atoms with E-state index in [1.807, 2.05) is 30.5 Å². The molecule has 0 aliphatic carbocycles. The van der Waals surface area contributed by atoms with Crippen molar-refractivity contribution in [3.63, 3.8) is 0 Å². The van der Waals surface area contributed by atoms with E-state index >= 15 is 0 Å². The molecule has 1 N–H and O–H groups in total. The Morgan fingerprint density at radius 2 is 1.87 bits per heavy atom. The van der Waals surface area contributed by atoms with Gasteiger partial charge in [-0.25, -0.2) is 0 Å². The van der Waals surface area contributed by atoms with Gasteiger partial charge in [0.2, 0.25) is 17.7 Å². The Balaban J connectivity index is 1.50. The number of para-hydroxylation sites is 1. The molecule has 0 saturated heterocycles. The second kappa shape index (κ2) is 10.5. The second-order valence-corrected chi connectivity index (χ2v) is 8.38. The third kappa shape index (κ3) is 6.01. The topological polar surface area (TPSA) is 88.3 Å². The molecule has 0 aliphatic heterocycles. The highest BCUT2D eigenvalue weighted by molar-refractivity contribution is 7.99. The van der Waals surface area contributed by atoms with Crippen LogP contribution in [0.15, 0.2) is 63.1 Å². The van der Waals surface area contributed by atoms with E-state index in [2.05, 4.69) is 15.5 Å². The number of thioether (sulfide) groups is 2. The molecule has 30 heavy (non-hydrogen) atoms. The lowest BCUT2D eigenvalue weighted by atomic mass is 10.2. The molecule has 10 heteroatoms. The molecule has 156 valence electrons. The Morgan fingerprint density at radius 1 is 1.13 bits per heavy atom. The summed E-state index contributed by atoms with van der Waals surface area (Å²) in [6.07, 6.45) is 1.94. The highest BCUT2D eigenvalue weighted by atomic mass is 35.5. The first-order chi connectivity index (χ1) is 14.5. The van der Waals surface area contributed by atoms with E-state index in [1.54, 1.807) is 43.1 Å². The van der Waals surface area contributed by atoms with Crippen molar-refractivity contribution in [2.75, 3.05) is 30.9 Å². The van der Waals surface area contributed by atoms with Gasteiger partial charge in [0.05, 0.1) is 18.0 Å². The number of nitrogens with one attached hydrogen (secondary N) is 1. The summed E-state index contributed by atoms with van der Waals surface area (Å²) in [4.78, 5) is 27.0. The van der Waals surface area contributed by atoms with E-state index in [-0.39, 0.29) is 29.3 Å². The number of rotatable bonds is 8. The number of carbonyl (C=O) groups excluding carboxylic acids is 2. The van der Waals surface area contributed by atoms with Crippen molar-refractivity contribution in [1.29, 1.82) is 0 Å². The Morgan fingerprint density at radius 3 is 2.60 bits per heavy atom. The van der Waals surface area contributed by atoms with E-state index < -0.39 is 0 Å². The van der Waals surface area contributed by atoms with Gasteiger partial charge in [0.25, 0.3) is 5.22 Å². The molecular weight excluding hydrogens is 444 g/mol. The van der Waals surface area contributed by atoms with Crippen LogP contribution in [0.1, 0.15) is 0 Å². The molecule has 3 rings (SSSR count). The van der Waals surface area contributed by atoms with Crippen LogP contribution in [0.2, 0.25) is 5.02 Å². The van der Waals surface area contributed by atoms with Gasteiger partial charge in [0.1, 0.15) is 0 Å². The quantitative estimate of drug-likeness (QED) is 0.499. The van der Waals surface area contributed by atoms with Gasteiger partial charge in [-0.2, -0.15) is 0 Å². The van der Waals surface area contributed by atoms with Crippen LogP contribution < -0.4 is 5.32 Å². The summed E-state index contributed by atoms with van der Waals surface area (Å²) < 4.78 is 5.57. The second-order valence-electron chi connectivity index (χ2n) is 6.17. The minimum Gasteiger partial charge on any atom is -0.411 e. The van der Waals surface area contributed by atoms with Crippen LogP contribution in [0.25, 0.3) is 11.5 Å². The number of aromatic nitrogens is 2. The minimum absolute atomic E-state index is 0.0536. The number of hydrogen-bond donors (Lipinski definition) is 1. The molecule has 0 fully saturated rings. The first kappa shape index (κ1) is 22.2. The van der Waals surface area contributed by atoms with Crippen molar-refractivity contribution in [1.82, 2.24) is 15.1 Å². The normalized spacial score (nSPS) is 10.6. The lowest BCUT2D eigenvalue weighted by Gasteiger charge is -2.17. The van der Waals surface area contributed by atoms with Gasteiger partial charge in [-0.15, -0.1) is 22.0 Å². The fourth-order valence-electron chi connectivity index (χ4n) is 2.45. The van der Waals surface area contributed by atoms with Gasteiger partial charge in [-0.1, -0.05) is 35.5 Å². The zero-order valence-corrected chi connectivity index (χ0v) is 18.7. The minimum atomic E-state index is -0.264. The molecule has 1 heterocycles. The smallest absolute Gasteiger partial charge is 0.277 e. The number of nitrogens with zero attached hydrogens (tertiary/aromatic N) is 3. The maximum absolute atomic E-state index is 12.4. The Bertz CT molecular complexity index is 1030. The summed E-state index contributed by atoms with van der Waals surface area (Å²) in [5.41, 5.74) is 1.47. The Kier molecular flexibility index (Phi) is 7.78. The largest absolute Gasteiger partial charge is 0.411 e. The summed E-state index contributed by atoms with van der Waals surface area (Å²) in [5.74, 6) is -0.0607. The predicted molar refractivity (Wildman–Crippen MR) is 120 cm³/mol. The number of amides is 2. The van der Waals surface area contributed by atoms with Crippen molar-refractivity contribution in [2.45, 2.75) is 10.1 Å². The van der Waals surface area contributed by atoms with Crippen LogP contribution in [-0.2, 0) is 9.59 Å². The molecule has 0 radical (unpaired) electrons. The highest BCUT2D eigenvalue weighted by Gasteiger charge is 2.16. The van der Waals surface area contributed by atoms with Gasteiger partial charge in [0, 0.05) is 22.5 Å². The number of carbonyl (C=O) groups is 2. The SMILES string of the molecule is CSc1ccccc1NC(=O)CN(C)C(=O)CSc1nnc(-c2ccc(Cl)cc2)o1. The molecule has 7 nitrogen and oxygen atoms in total. The zero-order valence-electron chi connectivity index (χ0n) is 16.3. The van der Waals surface area contributed by atoms with E-state index in [0.717, 1.165) is 27.9 Å². The predicted octanol–water partition coefficient (Wildman–Crippen LogP) is 4.30. The van der Waals surface area contributed by atoms with E-state index in [9.17, 15) is 9.59 Å². The average Bonchev–Trinajstić information content (AvgIpc) is 3.21. The molecule has 0 saturated carbocycles. The molecule has 0 atom stereocenters. The maximum Gasteiger partial charge on any atom is 0.277 e. The third-order valence-corrected chi connectivity index (χ3v) is 5.86. The number of hydrogen-bond acceptors (Lipinski definition) is 7. The standard InChI is InChI=1S/C20H19ClN4O3S2/c1-25(11-17(26)22-15-5-3-4-6-16(15)29-2)18(27)12-30-20-24-23-19(28-20)13-7-9-14(21)10-8-13/h3-10H,11-12H2,1-2H3,(H,22,26). The summed E-state index contributed by atoms with van der Waals surface area (Å²) in [7, 11) is 1.58. The molecule has 1 aromatic heterocycles. The zero-order chi connectivity index (χ0) is 21.5. The number of halogens is 1. The fraction of sp³-hybridized carbons (Fsp3) is 0.200. The fourth-order valence-corrected chi connectivity index (χ4v) is 3.84. The van der Waals surface area contributed by atoms with Gasteiger partial charge in [-0.05, 0) is 42.7 Å². The van der Waals surface area contributed by atoms with Gasteiger partial charge < -0.3 is 14.6 Å². The first-order valence-electron chi connectivity index (χ1n) is 8.85. The monoisotopic (exact) mass is 462 g/mol. The highest BCUT2D eigenvalue weighted by Crippen LogP contribution is 2.25. The van der Waals surface area contributed by atoms with Crippen LogP contribution in [0.3, 0.4) is 0 Å². The van der Waals surface area contributed by atoms with Crippen molar-refractivity contribution >= 4 is 52.6 Å². The lowest BCUT2D eigenvalue weighted by molar-refractivity contribution is -0.131. The molecular formula is C20H19ClN4O3S2. The Labute approximate surface area is 187 Å². The molecule has 2 aromatic carbocycles. The first-order valence-corrected chi connectivity index (χ1v) is 11.4. The van der Waals surface area contributed by atoms with Gasteiger partial charge in [0.15, 0.2) is 0 Å². The molecule has 3 aromatic rings. The van der Waals surface area contributed by atoms with Crippen LogP contribution in [0, 0.1) is 0 Å². The molecule has 2 amide bonds. The van der Waals surface area contributed by atoms with Crippen molar-refractivity contribution < 1.29 is 14.0 Å². The van der Waals surface area contributed by atoms with Crippen LogP contribution in [-0.4, -0.2) is 52.5 Å². The van der Waals surface area contributed by atoms with Crippen LogP contribution >= 0.6 is 35.1 Å². The maximum atomic E-state index is 12.4.